The van der Waals surface area contributed by atoms with Crippen LogP contribution in [0.3, 0.4) is 0 Å². The van der Waals surface area contributed by atoms with E-state index in [9.17, 15) is 22.0 Å². The van der Waals surface area contributed by atoms with Crippen LogP contribution in [-0.2, 0) is 10.0 Å². The molecule has 0 radical (unpaired) electrons. The van der Waals surface area contributed by atoms with E-state index in [-0.39, 0.29) is 6.01 Å². The maximum Gasteiger partial charge on any atom is 0.322 e. The molecule has 1 N–H and O–H groups in total. The first-order chi connectivity index (χ1) is 11.0. The lowest BCUT2D eigenvalue weighted by molar-refractivity contribution is 0.0977. The molecule has 24 heavy (non-hydrogen) atoms. The zero-order valence-electron chi connectivity index (χ0n) is 12.9. The molecule has 7 nitrogen and oxygen atoms in total. The molecular weight excluding hydrogens is 344 g/mol. The average Bonchev–Trinajstić information content (AvgIpc) is 2.39. The van der Waals surface area contributed by atoms with Gasteiger partial charge in [0.1, 0.15) is 5.82 Å². The maximum atomic E-state index is 14.0. The van der Waals surface area contributed by atoms with Crippen molar-refractivity contribution < 1.29 is 26.7 Å². The number of hydrogen-bond acceptors (Lipinski definition) is 6. The van der Waals surface area contributed by atoms with Crippen LogP contribution in [-0.4, -0.2) is 30.5 Å². The number of amides is 1. The van der Waals surface area contributed by atoms with E-state index in [2.05, 4.69) is 9.97 Å². The number of benzene rings is 1. The first-order valence-electron chi connectivity index (χ1n) is 6.56. The van der Waals surface area contributed by atoms with Gasteiger partial charge in [-0.05, 0) is 26.0 Å². The Bertz CT molecular complexity index is 896. The van der Waals surface area contributed by atoms with Crippen LogP contribution in [0.25, 0.3) is 0 Å². The molecule has 2 rings (SSSR count). The van der Waals surface area contributed by atoms with Crippen molar-refractivity contribution in [3.05, 3.63) is 46.8 Å². The Hall–Kier alpha value is -2.62. The number of nitrogens with zero attached hydrogens (tertiary/aromatic N) is 2. The third kappa shape index (κ3) is 4.44. The van der Waals surface area contributed by atoms with Crippen molar-refractivity contribution in [2.45, 2.75) is 13.8 Å². The lowest BCUT2D eigenvalue weighted by Crippen LogP contribution is -2.30. The second-order valence-electron chi connectivity index (χ2n) is 5.00. The molecule has 10 heteroatoms. The molecule has 1 aromatic carbocycles. The van der Waals surface area contributed by atoms with Gasteiger partial charge in [-0.2, -0.15) is 0 Å². The number of halogens is 2. The fourth-order valence-corrected chi connectivity index (χ4v) is 2.29. The summed E-state index contributed by atoms with van der Waals surface area (Å²) in [6.45, 7) is 3.36. The van der Waals surface area contributed by atoms with Gasteiger partial charge in [0.15, 0.2) is 11.6 Å². The summed E-state index contributed by atoms with van der Waals surface area (Å²) in [7, 11) is -3.91. The van der Waals surface area contributed by atoms with E-state index < -0.39 is 38.9 Å². The standard InChI is InChI=1S/C14H13F2N3O4S/c1-7-4-8(2)18-14(17-7)23-12-6-10(15)9(5-11(12)16)13(20)19-24(3,21)22/h4-6H,1-3H3,(H,19,20). The highest BCUT2D eigenvalue weighted by molar-refractivity contribution is 7.89. The smallest absolute Gasteiger partial charge is 0.322 e. The molecule has 0 atom stereocenters. The van der Waals surface area contributed by atoms with Crippen molar-refractivity contribution in [3.8, 4) is 11.8 Å². The van der Waals surface area contributed by atoms with Gasteiger partial charge in [0.25, 0.3) is 5.91 Å². The van der Waals surface area contributed by atoms with Gasteiger partial charge >= 0.3 is 6.01 Å². The largest absolute Gasteiger partial charge is 0.421 e. The third-order valence-corrected chi connectivity index (χ3v) is 3.26. The fraction of sp³-hybridized carbons (Fsp3) is 0.214. The SMILES string of the molecule is Cc1cc(C)nc(Oc2cc(F)c(C(=O)NS(C)(=O)=O)cc2F)n1. The van der Waals surface area contributed by atoms with Crippen LogP contribution in [0.4, 0.5) is 8.78 Å². The Balaban J connectivity index is 2.34. The second-order valence-corrected chi connectivity index (χ2v) is 6.75. The van der Waals surface area contributed by atoms with E-state index in [1.807, 2.05) is 0 Å². The molecule has 0 spiro atoms. The molecule has 0 aliphatic carbocycles. The number of aromatic nitrogens is 2. The van der Waals surface area contributed by atoms with Gasteiger partial charge < -0.3 is 4.74 Å². The normalized spacial score (nSPS) is 11.2. The minimum atomic E-state index is -3.91. The highest BCUT2D eigenvalue weighted by Crippen LogP contribution is 2.25. The summed E-state index contributed by atoms with van der Waals surface area (Å²) in [4.78, 5) is 19.5. The summed E-state index contributed by atoms with van der Waals surface area (Å²) in [5.74, 6) is -4.05. The van der Waals surface area contributed by atoms with Crippen LogP contribution in [0.1, 0.15) is 21.7 Å². The summed E-state index contributed by atoms with van der Waals surface area (Å²) < 4.78 is 56.6. The molecule has 0 fully saturated rings. The highest BCUT2D eigenvalue weighted by atomic mass is 32.2. The van der Waals surface area contributed by atoms with Crippen molar-refractivity contribution in [3.63, 3.8) is 0 Å². The van der Waals surface area contributed by atoms with E-state index >= 15 is 0 Å². The third-order valence-electron chi connectivity index (χ3n) is 2.71. The number of hydrogen-bond donors (Lipinski definition) is 1. The molecule has 128 valence electrons. The molecule has 0 aliphatic heterocycles. The number of carbonyl (C=O) groups excluding carboxylic acids is 1. The predicted molar refractivity (Wildman–Crippen MR) is 80.2 cm³/mol. The number of carbonyl (C=O) groups is 1. The monoisotopic (exact) mass is 357 g/mol. The van der Waals surface area contributed by atoms with Crippen LogP contribution in [0.15, 0.2) is 18.2 Å². The van der Waals surface area contributed by atoms with Gasteiger partial charge in [-0.25, -0.2) is 31.9 Å². The molecular formula is C14H13F2N3O4S. The number of ether oxygens (including phenoxy) is 1. The molecule has 1 aromatic heterocycles. The first-order valence-corrected chi connectivity index (χ1v) is 8.45. The van der Waals surface area contributed by atoms with Gasteiger partial charge in [-0.3, -0.25) is 4.79 Å². The Morgan fingerprint density at radius 3 is 2.21 bits per heavy atom. The van der Waals surface area contributed by atoms with E-state index in [4.69, 9.17) is 4.74 Å². The number of rotatable bonds is 4. The molecule has 1 amide bonds. The van der Waals surface area contributed by atoms with Crippen LogP contribution >= 0.6 is 0 Å². The summed E-state index contributed by atoms with van der Waals surface area (Å²) in [6, 6.07) is 2.64. The predicted octanol–water partition coefficient (Wildman–Crippen LogP) is 1.85. The first kappa shape index (κ1) is 17.7. The molecule has 1 heterocycles. The Kier molecular flexibility index (Phi) is 4.78. The zero-order chi connectivity index (χ0) is 18.1. The van der Waals surface area contributed by atoms with E-state index in [0.29, 0.717) is 29.8 Å². The number of sulfonamides is 1. The molecule has 0 aliphatic rings. The van der Waals surface area contributed by atoms with Gasteiger partial charge in [0.05, 0.1) is 11.8 Å². The van der Waals surface area contributed by atoms with Crippen molar-refractivity contribution in [2.24, 2.45) is 0 Å². The molecule has 0 unspecified atom stereocenters. The van der Waals surface area contributed by atoms with E-state index in [1.165, 1.54) is 0 Å². The zero-order valence-corrected chi connectivity index (χ0v) is 13.7. The van der Waals surface area contributed by atoms with Gasteiger partial charge in [-0.15, -0.1) is 0 Å². The maximum absolute atomic E-state index is 14.0. The topological polar surface area (TPSA) is 98.2 Å². The molecule has 0 saturated carbocycles. The summed E-state index contributed by atoms with van der Waals surface area (Å²) in [6.07, 6.45) is 0.716. The number of aryl methyl sites for hydroxylation is 2. The fourth-order valence-electron chi connectivity index (χ4n) is 1.84. The van der Waals surface area contributed by atoms with Gasteiger partial charge in [0, 0.05) is 17.5 Å². The van der Waals surface area contributed by atoms with Gasteiger partial charge in [0.2, 0.25) is 10.0 Å². The van der Waals surface area contributed by atoms with E-state index in [1.54, 1.807) is 24.6 Å². The van der Waals surface area contributed by atoms with Crippen LogP contribution in [0.5, 0.6) is 11.8 Å². The lowest BCUT2D eigenvalue weighted by atomic mass is 10.2. The summed E-state index contributed by atoms with van der Waals surface area (Å²) >= 11 is 0. The number of nitrogens with one attached hydrogen (secondary N) is 1. The van der Waals surface area contributed by atoms with Gasteiger partial charge in [-0.1, -0.05) is 0 Å². The summed E-state index contributed by atoms with van der Waals surface area (Å²) in [5, 5.41) is 0. The second kappa shape index (κ2) is 6.48. The summed E-state index contributed by atoms with van der Waals surface area (Å²) in [5.41, 5.74) is 0.372. The van der Waals surface area contributed by atoms with E-state index in [0.717, 1.165) is 0 Å². The minimum Gasteiger partial charge on any atom is -0.421 e. The van der Waals surface area contributed by atoms with Crippen LogP contribution < -0.4 is 9.46 Å². The van der Waals surface area contributed by atoms with Crippen molar-refractivity contribution in [2.75, 3.05) is 6.26 Å². The molecule has 0 saturated heterocycles. The van der Waals surface area contributed by atoms with Crippen molar-refractivity contribution in [1.82, 2.24) is 14.7 Å². The Morgan fingerprint density at radius 1 is 1.08 bits per heavy atom. The Labute approximate surface area is 136 Å². The van der Waals surface area contributed by atoms with Crippen molar-refractivity contribution >= 4 is 15.9 Å². The lowest BCUT2D eigenvalue weighted by Gasteiger charge is -2.09. The average molecular weight is 357 g/mol. The van der Waals surface area contributed by atoms with Crippen LogP contribution in [0.2, 0.25) is 0 Å². The molecule has 0 bridgehead atoms. The quantitative estimate of drug-likeness (QED) is 0.897. The van der Waals surface area contributed by atoms with Crippen molar-refractivity contribution in [1.29, 1.82) is 0 Å². The highest BCUT2D eigenvalue weighted by Gasteiger charge is 2.20. The van der Waals surface area contributed by atoms with Crippen LogP contribution in [0, 0.1) is 25.5 Å². The molecule has 2 aromatic rings. The minimum absolute atomic E-state index is 0.181. The Morgan fingerprint density at radius 2 is 1.67 bits per heavy atom.